The van der Waals surface area contributed by atoms with E-state index >= 15 is 0 Å². The molecule has 10 aromatic carbocycles. The minimum atomic E-state index is 0.942. The van der Waals surface area contributed by atoms with E-state index in [4.69, 9.17) is 4.42 Å². The molecular formula is C52H32O. The predicted octanol–water partition coefficient (Wildman–Crippen LogP) is 14.9. The molecule has 0 fully saturated rings. The second kappa shape index (κ2) is 11.8. The molecule has 0 radical (unpaired) electrons. The molecule has 0 saturated heterocycles. The molecule has 0 bridgehead atoms. The lowest BCUT2D eigenvalue weighted by Crippen LogP contribution is -1.92. The summed E-state index contributed by atoms with van der Waals surface area (Å²) in [5, 5.41) is 11.9. The summed E-state index contributed by atoms with van der Waals surface area (Å²) in [6.45, 7) is 0. The van der Waals surface area contributed by atoms with Crippen molar-refractivity contribution in [1.29, 1.82) is 0 Å². The number of hydrogen-bond acceptors (Lipinski definition) is 1. The normalized spacial score (nSPS) is 11.8. The first-order chi connectivity index (χ1) is 26.3. The van der Waals surface area contributed by atoms with E-state index in [-0.39, 0.29) is 0 Å². The Morgan fingerprint density at radius 3 is 1.43 bits per heavy atom. The van der Waals surface area contributed by atoms with Gasteiger partial charge in [-0.3, -0.25) is 0 Å². The van der Waals surface area contributed by atoms with Crippen LogP contribution >= 0.6 is 0 Å². The molecule has 0 aliphatic rings. The Hall–Kier alpha value is -6.96. The second-order valence-corrected chi connectivity index (χ2v) is 13.9. The van der Waals surface area contributed by atoms with Crippen molar-refractivity contribution < 1.29 is 4.42 Å². The van der Waals surface area contributed by atoms with Gasteiger partial charge >= 0.3 is 0 Å². The summed E-state index contributed by atoms with van der Waals surface area (Å²) in [5.74, 6) is 0. The third-order valence-electron chi connectivity index (χ3n) is 11.1. The van der Waals surface area contributed by atoms with Crippen molar-refractivity contribution in [2.45, 2.75) is 0 Å². The van der Waals surface area contributed by atoms with Crippen LogP contribution in [0, 0.1) is 0 Å². The molecule has 0 aliphatic carbocycles. The molecule has 1 heterocycles. The van der Waals surface area contributed by atoms with Crippen LogP contribution in [0.4, 0.5) is 0 Å². The van der Waals surface area contributed by atoms with E-state index in [2.05, 4.69) is 194 Å². The minimum absolute atomic E-state index is 0.942. The predicted molar refractivity (Wildman–Crippen MR) is 225 cm³/mol. The first-order valence-electron chi connectivity index (χ1n) is 18.3. The van der Waals surface area contributed by atoms with Crippen LogP contribution < -0.4 is 0 Å². The van der Waals surface area contributed by atoms with Gasteiger partial charge in [-0.1, -0.05) is 182 Å². The Balaban J connectivity index is 1.14. The van der Waals surface area contributed by atoms with Crippen LogP contribution in [0.1, 0.15) is 0 Å². The van der Waals surface area contributed by atoms with Crippen molar-refractivity contribution in [1.82, 2.24) is 0 Å². The van der Waals surface area contributed by atoms with Crippen LogP contribution in [0.15, 0.2) is 199 Å². The highest BCUT2D eigenvalue weighted by molar-refractivity contribution is 6.25. The molecule has 0 unspecified atom stereocenters. The summed E-state index contributed by atoms with van der Waals surface area (Å²) in [5.41, 5.74) is 11.7. The van der Waals surface area contributed by atoms with Crippen molar-refractivity contribution >= 4 is 65.0 Å². The molecule has 1 aromatic heterocycles. The molecule has 1 heteroatoms. The van der Waals surface area contributed by atoms with Gasteiger partial charge in [-0.25, -0.2) is 0 Å². The molecule has 11 rings (SSSR count). The molecule has 0 atom stereocenters. The van der Waals surface area contributed by atoms with E-state index in [1.165, 1.54) is 76.8 Å². The van der Waals surface area contributed by atoms with Crippen molar-refractivity contribution in [3.63, 3.8) is 0 Å². The maximum Gasteiger partial charge on any atom is 0.143 e. The van der Waals surface area contributed by atoms with Crippen LogP contribution in [-0.2, 0) is 0 Å². The van der Waals surface area contributed by atoms with Gasteiger partial charge in [-0.2, -0.15) is 0 Å². The van der Waals surface area contributed by atoms with E-state index in [1.54, 1.807) is 0 Å². The standard InChI is InChI=1S/C52H32O/c1-2-14-33(15-3-1)38-18-8-9-21-41(38)49-44-24-12-10-22-42(44)48(43-23-11-13-25-45(43)49)36-28-26-35(27-29-36)47-32-37-17-5-7-20-40(37)52-50(47)46-31-30-34-16-4-6-19-39(34)51(46)53-52/h1-32H. The van der Waals surface area contributed by atoms with Crippen molar-refractivity contribution in [3.05, 3.63) is 194 Å². The first kappa shape index (κ1) is 29.7. The average molecular weight is 673 g/mol. The quantitative estimate of drug-likeness (QED) is 0.170. The molecule has 0 spiro atoms. The largest absolute Gasteiger partial charge is 0.455 e. The molecule has 53 heavy (non-hydrogen) atoms. The summed E-state index contributed by atoms with van der Waals surface area (Å²) in [7, 11) is 0. The number of hydrogen-bond donors (Lipinski definition) is 0. The van der Waals surface area contributed by atoms with Crippen LogP contribution in [-0.4, -0.2) is 0 Å². The molecule has 11 aromatic rings. The van der Waals surface area contributed by atoms with E-state index in [1.807, 2.05) is 0 Å². The third-order valence-corrected chi connectivity index (χ3v) is 11.1. The molecule has 0 amide bonds. The number of rotatable bonds is 4. The topological polar surface area (TPSA) is 13.1 Å². The van der Waals surface area contributed by atoms with Gasteiger partial charge in [0.25, 0.3) is 0 Å². The van der Waals surface area contributed by atoms with Crippen LogP contribution in [0.3, 0.4) is 0 Å². The van der Waals surface area contributed by atoms with Crippen molar-refractivity contribution in [2.75, 3.05) is 0 Å². The Kier molecular flexibility index (Phi) is 6.62. The SMILES string of the molecule is c1ccc(-c2ccccc2-c2c3ccccc3c(-c3ccc(-c4cc5ccccc5c5oc6c7ccccc7ccc6c45)cc3)c3ccccc23)cc1. The Morgan fingerprint density at radius 1 is 0.264 bits per heavy atom. The number of furan rings is 1. The zero-order valence-corrected chi connectivity index (χ0v) is 28.9. The average Bonchev–Trinajstić information content (AvgIpc) is 3.64. The van der Waals surface area contributed by atoms with Gasteiger partial charge in [0.2, 0.25) is 0 Å². The van der Waals surface area contributed by atoms with Gasteiger partial charge < -0.3 is 4.42 Å². The molecule has 246 valence electrons. The van der Waals surface area contributed by atoms with Crippen LogP contribution in [0.25, 0.3) is 110 Å². The summed E-state index contributed by atoms with van der Waals surface area (Å²) < 4.78 is 6.81. The second-order valence-electron chi connectivity index (χ2n) is 13.9. The lowest BCUT2D eigenvalue weighted by molar-refractivity contribution is 0.676. The Labute approximate surface area is 307 Å². The van der Waals surface area contributed by atoms with E-state index in [0.29, 0.717) is 0 Å². The maximum atomic E-state index is 6.81. The summed E-state index contributed by atoms with van der Waals surface area (Å²) in [6.07, 6.45) is 0. The molecule has 0 aliphatic heterocycles. The smallest absolute Gasteiger partial charge is 0.143 e. The lowest BCUT2D eigenvalue weighted by Gasteiger charge is -2.20. The summed E-state index contributed by atoms with van der Waals surface area (Å²) >= 11 is 0. The number of fused-ring (bicyclic) bond motifs is 9. The minimum Gasteiger partial charge on any atom is -0.455 e. The highest BCUT2D eigenvalue weighted by Gasteiger charge is 2.21. The fourth-order valence-electron chi connectivity index (χ4n) is 8.68. The van der Waals surface area contributed by atoms with Gasteiger partial charge in [0.15, 0.2) is 0 Å². The molecule has 0 N–H and O–H groups in total. The van der Waals surface area contributed by atoms with Gasteiger partial charge in [0, 0.05) is 21.5 Å². The lowest BCUT2D eigenvalue weighted by atomic mass is 9.83. The molecule has 1 nitrogen and oxygen atoms in total. The zero-order valence-electron chi connectivity index (χ0n) is 28.9. The third kappa shape index (κ3) is 4.58. The molecule has 0 saturated carbocycles. The van der Waals surface area contributed by atoms with E-state index in [0.717, 1.165) is 32.7 Å². The summed E-state index contributed by atoms with van der Waals surface area (Å²) in [4.78, 5) is 0. The van der Waals surface area contributed by atoms with E-state index < -0.39 is 0 Å². The Bertz CT molecular complexity index is 3150. The highest BCUT2D eigenvalue weighted by Crippen LogP contribution is 2.47. The summed E-state index contributed by atoms with van der Waals surface area (Å²) in [6, 6.07) is 70.4. The zero-order chi connectivity index (χ0) is 34.9. The van der Waals surface area contributed by atoms with Gasteiger partial charge in [-0.15, -0.1) is 0 Å². The number of benzene rings is 10. The monoisotopic (exact) mass is 672 g/mol. The first-order valence-corrected chi connectivity index (χ1v) is 18.3. The Morgan fingerprint density at radius 2 is 0.755 bits per heavy atom. The van der Waals surface area contributed by atoms with Crippen molar-refractivity contribution in [2.24, 2.45) is 0 Å². The fourth-order valence-corrected chi connectivity index (χ4v) is 8.68. The molecular weight excluding hydrogens is 641 g/mol. The van der Waals surface area contributed by atoms with Gasteiger partial charge in [0.05, 0.1) is 0 Å². The van der Waals surface area contributed by atoms with E-state index in [9.17, 15) is 0 Å². The fraction of sp³-hybridized carbons (Fsp3) is 0. The van der Waals surface area contributed by atoms with Crippen LogP contribution in [0.5, 0.6) is 0 Å². The highest BCUT2D eigenvalue weighted by atomic mass is 16.3. The van der Waals surface area contributed by atoms with Gasteiger partial charge in [0.1, 0.15) is 11.2 Å². The van der Waals surface area contributed by atoms with Gasteiger partial charge in [-0.05, 0) is 89.0 Å². The maximum absolute atomic E-state index is 6.81. The van der Waals surface area contributed by atoms with Crippen molar-refractivity contribution in [3.8, 4) is 44.5 Å². The van der Waals surface area contributed by atoms with Crippen LogP contribution in [0.2, 0.25) is 0 Å².